The zero-order valence-electron chi connectivity index (χ0n) is 14.7. The third-order valence-electron chi connectivity index (χ3n) is 4.51. The number of ether oxygens (including phenoxy) is 1. The zero-order valence-corrected chi connectivity index (χ0v) is 15.5. The van der Waals surface area contributed by atoms with E-state index in [1.165, 1.54) is 0 Å². The van der Waals surface area contributed by atoms with Gasteiger partial charge in [-0.25, -0.2) is 4.68 Å². The fraction of sp³-hybridized carbons (Fsp3) is 0.300. The van der Waals surface area contributed by atoms with Gasteiger partial charge in [0.1, 0.15) is 0 Å². The van der Waals surface area contributed by atoms with Gasteiger partial charge in [0, 0.05) is 36.8 Å². The summed E-state index contributed by atoms with van der Waals surface area (Å²) in [5, 5.41) is 4.39. The molecule has 26 heavy (non-hydrogen) atoms. The Morgan fingerprint density at radius 1 is 1.31 bits per heavy atom. The number of amides is 1. The highest BCUT2D eigenvalue weighted by molar-refractivity contribution is 7.14. The molecule has 1 fully saturated rings. The van der Waals surface area contributed by atoms with Gasteiger partial charge in [-0.1, -0.05) is 18.2 Å². The van der Waals surface area contributed by atoms with Gasteiger partial charge >= 0.3 is 0 Å². The summed E-state index contributed by atoms with van der Waals surface area (Å²) in [6.07, 6.45) is 6.07. The topological polar surface area (TPSA) is 47.4 Å². The van der Waals surface area contributed by atoms with Crippen LogP contribution in [0.5, 0.6) is 0 Å². The van der Waals surface area contributed by atoms with Crippen LogP contribution in [0.2, 0.25) is 0 Å². The summed E-state index contributed by atoms with van der Waals surface area (Å²) in [6.45, 7) is 1.34. The summed E-state index contributed by atoms with van der Waals surface area (Å²) in [5.41, 5.74) is 2.01. The highest BCUT2D eigenvalue weighted by Gasteiger charge is 2.22. The highest BCUT2D eigenvalue weighted by atomic mass is 32.1. The Morgan fingerprint density at radius 3 is 2.92 bits per heavy atom. The molecule has 2 aromatic heterocycles. The van der Waals surface area contributed by atoms with Crippen molar-refractivity contribution >= 4 is 17.2 Å². The molecule has 1 unspecified atom stereocenters. The zero-order chi connectivity index (χ0) is 17.9. The van der Waals surface area contributed by atoms with Gasteiger partial charge < -0.3 is 9.64 Å². The summed E-state index contributed by atoms with van der Waals surface area (Å²) in [6, 6.07) is 13.9. The van der Waals surface area contributed by atoms with E-state index in [1.54, 1.807) is 16.2 Å². The first-order valence-corrected chi connectivity index (χ1v) is 9.58. The van der Waals surface area contributed by atoms with Gasteiger partial charge in [0.15, 0.2) is 0 Å². The Hall–Kier alpha value is -2.44. The molecule has 4 rings (SSSR count). The molecule has 0 N–H and O–H groups in total. The van der Waals surface area contributed by atoms with Crippen LogP contribution in [0.3, 0.4) is 0 Å². The minimum atomic E-state index is 0.0340. The van der Waals surface area contributed by atoms with Crippen molar-refractivity contribution in [2.75, 3.05) is 13.7 Å². The van der Waals surface area contributed by atoms with E-state index in [2.05, 4.69) is 5.10 Å². The Morgan fingerprint density at radius 2 is 2.15 bits per heavy atom. The monoisotopic (exact) mass is 367 g/mol. The van der Waals surface area contributed by atoms with Crippen LogP contribution in [0.25, 0.3) is 5.69 Å². The summed E-state index contributed by atoms with van der Waals surface area (Å²) in [4.78, 5) is 16.4. The molecule has 1 atom stereocenters. The maximum Gasteiger partial charge on any atom is 0.263 e. The first-order valence-electron chi connectivity index (χ1n) is 8.76. The second-order valence-electron chi connectivity index (χ2n) is 6.49. The van der Waals surface area contributed by atoms with Crippen LogP contribution in [0, 0.1) is 0 Å². The average molecular weight is 367 g/mol. The molecule has 6 heteroatoms. The second-order valence-corrected chi connectivity index (χ2v) is 7.61. The molecular weight excluding hydrogens is 346 g/mol. The predicted molar refractivity (Wildman–Crippen MR) is 102 cm³/mol. The normalized spacial score (nSPS) is 16.7. The Bertz CT molecular complexity index is 881. The molecular formula is C20H21N3O2S. The lowest BCUT2D eigenvalue weighted by Gasteiger charge is -2.15. The average Bonchev–Trinajstić information content (AvgIpc) is 3.42. The second kappa shape index (κ2) is 7.43. The van der Waals surface area contributed by atoms with Gasteiger partial charge in [-0.05, 0) is 37.1 Å². The minimum absolute atomic E-state index is 0.0340. The Labute approximate surface area is 156 Å². The maximum absolute atomic E-state index is 12.7. The van der Waals surface area contributed by atoms with Crippen molar-refractivity contribution < 1.29 is 9.53 Å². The van der Waals surface area contributed by atoms with E-state index in [9.17, 15) is 4.79 Å². The molecule has 3 aromatic rings. The van der Waals surface area contributed by atoms with Gasteiger partial charge in [0.05, 0.1) is 22.9 Å². The molecule has 0 bridgehead atoms. The number of nitrogens with zero attached hydrogens (tertiary/aromatic N) is 3. The standard InChI is InChI=1S/C20H21N3O2S/c1-22(13-15-12-21-23(14-15)16-6-3-2-4-7-16)20(24)19-10-9-18(26-19)17-8-5-11-25-17/h2-4,6-7,9-10,12,14,17H,5,8,11,13H2,1H3. The molecule has 1 aliphatic rings. The fourth-order valence-corrected chi connectivity index (χ4v) is 4.23. The number of hydrogen-bond acceptors (Lipinski definition) is 4. The lowest BCUT2D eigenvalue weighted by atomic mass is 10.2. The maximum atomic E-state index is 12.7. The van der Waals surface area contributed by atoms with Gasteiger partial charge in [-0.3, -0.25) is 4.79 Å². The third-order valence-corrected chi connectivity index (χ3v) is 5.67. The summed E-state index contributed by atoms with van der Waals surface area (Å²) < 4.78 is 7.54. The molecule has 1 amide bonds. The lowest BCUT2D eigenvalue weighted by molar-refractivity contribution is 0.0790. The summed E-state index contributed by atoms with van der Waals surface area (Å²) in [7, 11) is 1.83. The molecule has 3 heterocycles. The third kappa shape index (κ3) is 3.57. The number of para-hydroxylation sites is 1. The molecule has 1 aliphatic heterocycles. The van der Waals surface area contributed by atoms with E-state index in [0.717, 1.165) is 40.5 Å². The molecule has 0 saturated carbocycles. The van der Waals surface area contributed by atoms with E-state index in [1.807, 2.05) is 66.6 Å². The van der Waals surface area contributed by atoms with Crippen molar-refractivity contribution in [3.63, 3.8) is 0 Å². The van der Waals surface area contributed by atoms with Crippen LogP contribution >= 0.6 is 11.3 Å². The smallest absolute Gasteiger partial charge is 0.263 e. The minimum Gasteiger partial charge on any atom is -0.373 e. The highest BCUT2D eigenvalue weighted by Crippen LogP contribution is 2.33. The molecule has 0 spiro atoms. The summed E-state index contributed by atoms with van der Waals surface area (Å²) >= 11 is 1.54. The van der Waals surface area contributed by atoms with Crippen molar-refractivity contribution in [2.24, 2.45) is 0 Å². The molecule has 0 aliphatic carbocycles. The number of hydrogen-bond donors (Lipinski definition) is 0. The van der Waals surface area contributed by atoms with Crippen LogP contribution in [-0.2, 0) is 11.3 Å². The quantitative estimate of drug-likeness (QED) is 0.683. The molecule has 1 saturated heterocycles. The van der Waals surface area contributed by atoms with Crippen LogP contribution in [0.15, 0.2) is 54.9 Å². The van der Waals surface area contributed by atoms with E-state index in [4.69, 9.17) is 4.74 Å². The number of rotatable bonds is 5. The van der Waals surface area contributed by atoms with Crippen molar-refractivity contribution in [2.45, 2.75) is 25.5 Å². The Kier molecular flexibility index (Phi) is 4.86. The lowest BCUT2D eigenvalue weighted by Crippen LogP contribution is -2.25. The van der Waals surface area contributed by atoms with Crippen molar-refractivity contribution in [1.29, 1.82) is 0 Å². The SMILES string of the molecule is CN(Cc1cnn(-c2ccccc2)c1)C(=O)c1ccc(C2CCCO2)s1. The van der Waals surface area contributed by atoms with E-state index in [-0.39, 0.29) is 12.0 Å². The molecule has 1 aromatic carbocycles. The van der Waals surface area contributed by atoms with E-state index in [0.29, 0.717) is 6.54 Å². The van der Waals surface area contributed by atoms with Crippen molar-refractivity contribution in [3.8, 4) is 5.69 Å². The molecule has 0 radical (unpaired) electrons. The van der Waals surface area contributed by atoms with Gasteiger partial charge in [0.2, 0.25) is 0 Å². The number of aromatic nitrogens is 2. The molecule has 5 nitrogen and oxygen atoms in total. The first kappa shape index (κ1) is 17.0. The van der Waals surface area contributed by atoms with Crippen LogP contribution in [-0.4, -0.2) is 34.2 Å². The first-order chi connectivity index (χ1) is 12.7. The van der Waals surface area contributed by atoms with Crippen LogP contribution in [0.1, 0.15) is 39.1 Å². The van der Waals surface area contributed by atoms with Gasteiger partial charge in [-0.15, -0.1) is 11.3 Å². The van der Waals surface area contributed by atoms with Crippen molar-refractivity contribution in [3.05, 3.63) is 70.2 Å². The van der Waals surface area contributed by atoms with Gasteiger partial charge in [0.25, 0.3) is 5.91 Å². The van der Waals surface area contributed by atoms with Crippen LogP contribution < -0.4 is 0 Å². The van der Waals surface area contributed by atoms with Crippen molar-refractivity contribution in [1.82, 2.24) is 14.7 Å². The van der Waals surface area contributed by atoms with Gasteiger partial charge in [-0.2, -0.15) is 5.10 Å². The number of benzene rings is 1. The predicted octanol–water partition coefficient (Wildman–Crippen LogP) is 4.06. The van der Waals surface area contributed by atoms with Crippen LogP contribution in [0.4, 0.5) is 0 Å². The molecule has 134 valence electrons. The van der Waals surface area contributed by atoms with E-state index < -0.39 is 0 Å². The summed E-state index contributed by atoms with van der Waals surface area (Å²) in [5.74, 6) is 0.0340. The van der Waals surface area contributed by atoms with E-state index >= 15 is 0 Å². The fourth-order valence-electron chi connectivity index (χ4n) is 3.14. The Balaban J connectivity index is 1.42. The number of carbonyl (C=O) groups is 1. The largest absolute Gasteiger partial charge is 0.373 e. The number of thiophene rings is 1. The number of carbonyl (C=O) groups excluding carboxylic acids is 1.